The minimum Gasteiger partial charge on any atom is -0.358 e. The quantitative estimate of drug-likeness (QED) is 0.444. The van der Waals surface area contributed by atoms with Crippen molar-refractivity contribution >= 4 is 45.4 Å². The number of rotatable bonds is 1. The van der Waals surface area contributed by atoms with Gasteiger partial charge in [0.25, 0.3) is 0 Å². The van der Waals surface area contributed by atoms with Crippen molar-refractivity contribution in [1.29, 1.82) is 0 Å². The minimum atomic E-state index is -0.208. The van der Waals surface area contributed by atoms with Gasteiger partial charge in [-0.1, -0.05) is 73.4 Å². The number of anilines is 1. The van der Waals surface area contributed by atoms with Crippen LogP contribution in [-0.2, 0) is 4.79 Å². The van der Waals surface area contributed by atoms with Crippen LogP contribution >= 0.6 is 23.2 Å². The van der Waals surface area contributed by atoms with Gasteiger partial charge in [-0.2, -0.15) is 0 Å². The maximum absolute atomic E-state index is 13.4. The molecule has 0 saturated carbocycles. The summed E-state index contributed by atoms with van der Waals surface area (Å²) >= 11 is 12.9. The number of benzene rings is 3. The maximum Gasteiger partial charge on any atom is 0.162 e. The third kappa shape index (κ3) is 3.06. The zero-order valence-corrected chi connectivity index (χ0v) is 17.9. The Morgan fingerprint density at radius 2 is 1.79 bits per heavy atom. The number of halogens is 2. The summed E-state index contributed by atoms with van der Waals surface area (Å²) in [7, 11) is 0. The Labute approximate surface area is 180 Å². The van der Waals surface area contributed by atoms with Gasteiger partial charge >= 0.3 is 0 Å². The fraction of sp³-hybridized carbons (Fsp3) is 0.240. The summed E-state index contributed by atoms with van der Waals surface area (Å²) in [4.78, 5) is 13.4. The SMILES string of the molecule is CC1(C)CC(=O)C2=C(C1)Nc1ccc3ccccc3c1[C@H]2c1ccc(Cl)cc1Cl. The molecule has 1 N–H and O–H groups in total. The molecular weight excluding hydrogens is 401 g/mol. The van der Waals surface area contributed by atoms with E-state index in [1.807, 2.05) is 24.3 Å². The molecule has 1 heterocycles. The first-order valence-corrected chi connectivity index (χ1v) is 10.6. The van der Waals surface area contributed by atoms with E-state index in [-0.39, 0.29) is 17.1 Å². The van der Waals surface area contributed by atoms with Crippen LogP contribution in [0.1, 0.15) is 43.7 Å². The number of fused-ring (bicyclic) bond motifs is 3. The van der Waals surface area contributed by atoms with Crippen LogP contribution in [0, 0.1) is 5.41 Å². The predicted octanol–water partition coefficient (Wildman–Crippen LogP) is 7.35. The van der Waals surface area contributed by atoms with Gasteiger partial charge in [-0.05, 0) is 51.9 Å². The Morgan fingerprint density at radius 1 is 1.00 bits per heavy atom. The lowest BCUT2D eigenvalue weighted by Gasteiger charge is -2.40. The summed E-state index contributed by atoms with van der Waals surface area (Å²) in [6, 6.07) is 18.1. The Morgan fingerprint density at radius 3 is 2.59 bits per heavy atom. The first-order valence-electron chi connectivity index (χ1n) is 9.84. The lowest BCUT2D eigenvalue weighted by Crippen LogP contribution is -2.34. The van der Waals surface area contributed by atoms with Crippen molar-refractivity contribution in [2.24, 2.45) is 5.41 Å². The summed E-state index contributed by atoms with van der Waals surface area (Å²) in [5.74, 6) is -0.0148. The van der Waals surface area contributed by atoms with Gasteiger partial charge in [0.1, 0.15) is 0 Å². The molecule has 1 aliphatic heterocycles. The van der Waals surface area contributed by atoms with Gasteiger partial charge in [0.05, 0.1) is 0 Å². The van der Waals surface area contributed by atoms with Crippen molar-refractivity contribution in [3.05, 3.63) is 87.0 Å². The molecule has 29 heavy (non-hydrogen) atoms. The van der Waals surface area contributed by atoms with Crippen LogP contribution in [-0.4, -0.2) is 5.78 Å². The molecule has 0 unspecified atom stereocenters. The van der Waals surface area contributed by atoms with E-state index in [1.54, 1.807) is 6.07 Å². The van der Waals surface area contributed by atoms with Gasteiger partial charge in [0, 0.05) is 39.3 Å². The molecule has 3 aromatic carbocycles. The topological polar surface area (TPSA) is 29.1 Å². The molecule has 146 valence electrons. The average Bonchev–Trinajstić information content (AvgIpc) is 2.65. The summed E-state index contributed by atoms with van der Waals surface area (Å²) in [6.07, 6.45) is 1.37. The van der Waals surface area contributed by atoms with Crippen molar-refractivity contribution in [2.45, 2.75) is 32.6 Å². The molecule has 4 heteroatoms. The third-order valence-corrected chi connectivity index (χ3v) is 6.59. The second-order valence-electron chi connectivity index (χ2n) is 8.80. The van der Waals surface area contributed by atoms with Gasteiger partial charge in [-0.3, -0.25) is 4.79 Å². The van der Waals surface area contributed by atoms with Gasteiger partial charge in [0.15, 0.2) is 5.78 Å². The monoisotopic (exact) mass is 421 g/mol. The minimum absolute atomic E-state index is 0.0639. The number of ketones is 1. The van der Waals surface area contributed by atoms with Crippen molar-refractivity contribution in [3.63, 3.8) is 0 Å². The van der Waals surface area contributed by atoms with E-state index in [1.165, 1.54) is 0 Å². The molecule has 0 radical (unpaired) electrons. The molecule has 1 aliphatic carbocycles. The molecular formula is C25H21Cl2NO. The van der Waals surface area contributed by atoms with Gasteiger partial charge < -0.3 is 5.32 Å². The number of carbonyl (C=O) groups excluding carboxylic acids is 1. The number of hydrogen-bond donors (Lipinski definition) is 1. The van der Waals surface area contributed by atoms with Crippen molar-refractivity contribution in [2.75, 3.05) is 5.32 Å². The Balaban J connectivity index is 1.84. The number of carbonyl (C=O) groups is 1. The fourth-order valence-electron chi connectivity index (χ4n) is 4.85. The highest BCUT2D eigenvalue weighted by molar-refractivity contribution is 6.35. The lowest BCUT2D eigenvalue weighted by atomic mass is 9.68. The van der Waals surface area contributed by atoms with E-state index < -0.39 is 0 Å². The van der Waals surface area contributed by atoms with E-state index in [2.05, 4.69) is 43.4 Å². The molecule has 0 spiro atoms. The molecule has 2 aliphatic rings. The summed E-state index contributed by atoms with van der Waals surface area (Å²) < 4.78 is 0. The molecule has 0 saturated heterocycles. The Hall–Kier alpha value is -2.29. The van der Waals surface area contributed by atoms with Crippen LogP contribution in [0.3, 0.4) is 0 Å². The van der Waals surface area contributed by atoms with Gasteiger partial charge in [-0.25, -0.2) is 0 Å². The summed E-state index contributed by atoms with van der Waals surface area (Å²) in [5, 5.41) is 7.07. The third-order valence-electron chi connectivity index (χ3n) is 6.03. The average molecular weight is 422 g/mol. The number of allylic oxidation sites excluding steroid dienone is 2. The van der Waals surface area contributed by atoms with E-state index in [0.717, 1.165) is 45.3 Å². The van der Waals surface area contributed by atoms with Crippen LogP contribution in [0.25, 0.3) is 10.8 Å². The molecule has 0 bridgehead atoms. The molecule has 3 aromatic rings. The largest absolute Gasteiger partial charge is 0.358 e. The Kier molecular flexibility index (Phi) is 4.27. The molecule has 2 nitrogen and oxygen atoms in total. The highest BCUT2D eigenvalue weighted by Gasteiger charge is 2.41. The fourth-order valence-corrected chi connectivity index (χ4v) is 5.37. The zero-order valence-electron chi connectivity index (χ0n) is 16.4. The first kappa shape index (κ1) is 18.7. The highest BCUT2D eigenvalue weighted by Crippen LogP contribution is 2.52. The normalized spacial score (nSPS) is 20.3. The smallest absolute Gasteiger partial charge is 0.162 e. The van der Waals surface area contributed by atoms with E-state index in [9.17, 15) is 4.79 Å². The molecule has 0 amide bonds. The van der Waals surface area contributed by atoms with Crippen LogP contribution in [0.15, 0.2) is 65.9 Å². The number of hydrogen-bond acceptors (Lipinski definition) is 2. The van der Waals surface area contributed by atoms with Crippen LogP contribution in [0.5, 0.6) is 0 Å². The number of Topliss-reactive ketones (excluding diaryl/α,β-unsaturated/α-hetero) is 1. The Bertz CT molecular complexity index is 1210. The second kappa shape index (κ2) is 6.62. The van der Waals surface area contributed by atoms with Gasteiger partial charge in [0.2, 0.25) is 0 Å². The zero-order chi connectivity index (χ0) is 20.3. The van der Waals surface area contributed by atoms with E-state index in [4.69, 9.17) is 23.2 Å². The lowest BCUT2D eigenvalue weighted by molar-refractivity contribution is -0.118. The summed E-state index contributed by atoms with van der Waals surface area (Å²) in [6.45, 7) is 4.30. The van der Waals surface area contributed by atoms with Crippen molar-refractivity contribution in [3.8, 4) is 0 Å². The van der Waals surface area contributed by atoms with E-state index >= 15 is 0 Å². The molecule has 1 atom stereocenters. The standard InChI is InChI=1S/C25H21Cl2NO/c1-25(2)12-20-24(21(29)13-25)23(17-9-8-15(26)11-18(17)27)22-16-6-4-3-5-14(16)7-10-19(22)28-20/h3-11,23,28H,12-13H2,1-2H3/t23-/m1/s1. The summed E-state index contributed by atoms with van der Waals surface area (Å²) in [5.41, 5.74) is 4.88. The van der Waals surface area contributed by atoms with E-state index in [0.29, 0.717) is 16.5 Å². The highest BCUT2D eigenvalue weighted by atomic mass is 35.5. The van der Waals surface area contributed by atoms with Crippen LogP contribution in [0.4, 0.5) is 5.69 Å². The van der Waals surface area contributed by atoms with Crippen molar-refractivity contribution < 1.29 is 4.79 Å². The first-order chi connectivity index (χ1) is 13.8. The molecule has 5 rings (SSSR count). The predicted molar refractivity (Wildman–Crippen MR) is 121 cm³/mol. The van der Waals surface area contributed by atoms with Gasteiger partial charge in [-0.15, -0.1) is 0 Å². The van der Waals surface area contributed by atoms with Crippen LogP contribution < -0.4 is 5.32 Å². The molecule has 0 fully saturated rings. The molecule has 0 aromatic heterocycles. The number of nitrogens with one attached hydrogen (secondary N) is 1. The van der Waals surface area contributed by atoms with Crippen LogP contribution in [0.2, 0.25) is 10.0 Å². The second-order valence-corrected chi connectivity index (χ2v) is 9.65. The maximum atomic E-state index is 13.4. The van der Waals surface area contributed by atoms with Crippen molar-refractivity contribution in [1.82, 2.24) is 0 Å².